The number of allylic oxidation sites excluding steroid dienone is 2. The van der Waals surface area contributed by atoms with Gasteiger partial charge in [0.1, 0.15) is 0 Å². The number of fused-ring (bicyclic) bond motifs is 1. The summed E-state index contributed by atoms with van der Waals surface area (Å²) in [5.74, 6) is 0.361. The Morgan fingerprint density at radius 3 is 2.77 bits per heavy atom. The van der Waals surface area contributed by atoms with E-state index in [1.54, 1.807) is 31.1 Å². The van der Waals surface area contributed by atoms with E-state index < -0.39 is 11.5 Å². The molecule has 2 aliphatic rings. The summed E-state index contributed by atoms with van der Waals surface area (Å²) in [6.45, 7) is 4.10. The van der Waals surface area contributed by atoms with Crippen molar-refractivity contribution in [2.45, 2.75) is 45.6 Å². The van der Waals surface area contributed by atoms with E-state index in [0.717, 1.165) is 18.4 Å². The van der Waals surface area contributed by atoms with Crippen molar-refractivity contribution in [2.24, 2.45) is 23.2 Å². The zero-order chi connectivity index (χ0) is 19.1. The molecule has 5 nitrogen and oxygen atoms in total. The van der Waals surface area contributed by atoms with Crippen LogP contribution < -0.4 is 0 Å². The highest BCUT2D eigenvalue weighted by Crippen LogP contribution is 2.57. The molecule has 1 fully saturated rings. The number of amides is 1. The first kappa shape index (κ1) is 18.9. The van der Waals surface area contributed by atoms with Crippen LogP contribution in [0.1, 0.15) is 51.2 Å². The average Bonchev–Trinajstić information content (AvgIpc) is 3.11. The molecule has 142 valence electrons. The van der Waals surface area contributed by atoms with Gasteiger partial charge in [-0.25, -0.2) is 0 Å². The Kier molecular flexibility index (Phi) is 5.11. The highest BCUT2D eigenvalue weighted by Gasteiger charge is 2.57. The lowest BCUT2D eigenvalue weighted by Gasteiger charge is -2.53. The van der Waals surface area contributed by atoms with Crippen molar-refractivity contribution < 1.29 is 19.1 Å². The van der Waals surface area contributed by atoms with Gasteiger partial charge in [0.05, 0.1) is 24.0 Å². The van der Waals surface area contributed by atoms with Gasteiger partial charge in [0, 0.05) is 26.1 Å². The molecule has 1 aromatic heterocycles. The van der Waals surface area contributed by atoms with Crippen molar-refractivity contribution >= 4 is 11.7 Å². The van der Waals surface area contributed by atoms with Crippen LogP contribution in [-0.4, -0.2) is 35.8 Å². The van der Waals surface area contributed by atoms with Crippen molar-refractivity contribution in [3.05, 3.63) is 35.8 Å². The first-order valence-corrected chi connectivity index (χ1v) is 9.40. The summed E-state index contributed by atoms with van der Waals surface area (Å²) in [4.78, 5) is 27.4. The predicted molar refractivity (Wildman–Crippen MR) is 98.2 cm³/mol. The molecule has 2 aliphatic carbocycles. The minimum Gasteiger partial charge on any atom is -0.472 e. The Labute approximate surface area is 155 Å². The molecule has 0 spiro atoms. The number of furan rings is 1. The van der Waals surface area contributed by atoms with Gasteiger partial charge in [-0.15, -0.1) is 0 Å². The van der Waals surface area contributed by atoms with Crippen molar-refractivity contribution in [2.75, 3.05) is 14.1 Å². The molecule has 1 heterocycles. The van der Waals surface area contributed by atoms with E-state index in [-0.39, 0.29) is 29.4 Å². The van der Waals surface area contributed by atoms with Crippen LogP contribution in [0.2, 0.25) is 0 Å². The highest BCUT2D eigenvalue weighted by atomic mass is 16.3. The van der Waals surface area contributed by atoms with Gasteiger partial charge < -0.3 is 14.4 Å². The Morgan fingerprint density at radius 2 is 2.15 bits per heavy atom. The van der Waals surface area contributed by atoms with E-state index >= 15 is 0 Å². The summed E-state index contributed by atoms with van der Waals surface area (Å²) in [6.07, 6.45) is 6.61. The fourth-order valence-electron chi connectivity index (χ4n) is 5.25. The number of aliphatic hydroxyl groups excluding tert-OH is 1. The van der Waals surface area contributed by atoms with E-state index in [9.17, 15) is 14.7 Å². The van der Waals surface area contributed by atoms with Gasteiger partial charge in [-0.1, -0.05) is 12.5 Å². The van der Waals surface area contributed by atoms with Crippen LogP contribution in [0.25, 0.3) is 0 Å². The van der Waals surface area contributed by atoms with Crippen molar-refractivity contribution in [3.8, 4) is 0 Å². The maximum absolute atomic E-state index is 13.5. The topological polar surface area (TPSA) is 70.7 Å². The van der Waals surface area contributed by atoms with Gasteiger partial charge >= 0.3 is 0 Å². The van der Waals surface area contributed by atoms with E-state index in [2.05, 4.69) is 6.92 Å². The van der Waals surface area contributed by atoms with Gasteiger partial charge in [0.25, 0.3) is 0 Å². The zero-order valence-corrected chi connectivity index (χ0v) is 16.1. The monoisotopic (exact) mass is 359 g/mol. The number of carbonyl (C=O) groups is 2. The van der Waals surface area contributed by atoms with Gasteiger partial charge in [-0.05, 0) is 56.1 Å². The first-order valence-electron chi connectivity index (χ1n) is 9.40. The quantitative estimate of drug-likeness (QED) is 0.895. The van der Waals surface area contributed by atoms with Crippen LogP contribution in [0, 0.1) is 23.2 Å². The second kappa shape index (κ2) is 7.03. The molecule has 0 aliphatic heterocycles. The third-order valence-electron chi connectivity index (χ3n) is 6.60. The van der Waals surface area contributed by atoms with Crippen molar-refractivity contribution in [1.29, 1.82) is 0 Å². The largest absolute Gasteiger partial charge is 0.472 e. The molecule has 1 amide bonds. The molecule has 0 saturated heterocycles. The number of hydrogen-bond donors (Lipinski definition) is 1. The van der Waals surface area contributed by atoms with Gasteiger partial charge in [-0.2, -0.15) is 0 Å². The average molecular weight is 359 g/mol. The summed E-state index contributed by atoms with van der Waals surface area (Å²) >= 11 is 0. The lowest BCUT2D eigenvalue weighted by atomic mass is 9.51. The van der Waals surface area contributed by atoms with Gasteiger partial charge in [0.2, 0.25) is 5.91 Å². The molecular weight excluding hydrogens is 330 g/mol. The van der Waals surface area contributed by atoms with Crippen molar-refractivity contribution in [1.82, 2.24) is 4.90 Å². The second-order valence-electron chi connectivity index (χ2n) is 8.27. The van der Waals surface area contributed by atoms with E-state index in [4.69, 9.17) is 4.42 Å². The SMILES string of the molecule is CC1=CC(=O)C[C@H]2[C@H]1CC[C@@H](C)C2(C[C@@H](O)c1ccoc1)C(=O)N(C)C. The molecule has 3 rings (SSSR count). The smallest absolute Gasteiger partial charge is 0.228 e. The summed E-state index contributed by atoms with van der Waals surface area (Å²) in [6, 6.07) is 1.74. The molecular formula is C21H29NO4. The molecule has 0 aromatic carbocycles. The number of hydrogen-bond acceptors (Lipinski definition) is 4. The lowest BCUT2D eigenvalue weighted by molar-refractivity contribution is -0.158. The zero-order valence-electron chi connectivity index (χ0n) is 16.1. The highest BCUT2D eigenvalue weighted by molar-refractivity contribution is 5.93. The Hall–Kier alpha value is -1.88. The molecule has 26 heavy (non-hydrogen) atoms. The molecule has 5 atom stereocenters. The third kappa shape index (κ3) is 3.02. The molecule has 1 saturated carbocycles. The summed E-state index contributed by atoms with van der Waals surface area (Å²) in [7, 11) is 3.52. The van der Waals surface area contributed by atoms with E-state index in [0.29, 0.717) is 18.4 Å². The fourth-order valence-corrected chi connectivity index (χ4v) is 5.25. The van der Waals surface area contributed by atoms with Crippen LogP contribution in [0.15, 0.2) is 34.7 Å². The van der Waals surface area contributed by atoms with Crippen LogP contribution in [0.5, 0.6) is 0 Å². The predicted octanol–water partition coefficient (Wildman–Crippen LogP) is 3.36. The minimum atomic E-state index is -0.792. The van der Waals surface area contributed by atoms with Crippen LogP contribution >= 0.6 is 0 Å². The van der Waals surface area contributed by atoms with Crippen LogP contribution in [-0.2, 0) is 9.59 Å². The van der Waals surface area contributed by atoms with Gasteiger partial charge in [0.15, 0.2) is 5.78 Å². The number of carbonyl (C=O) groups excluding carboxylic acids is 2. The first-order chi connectivity index (χ1) is 12.3. The van der Waals surface area contributed by atoms with Crippen LogP contribution in [0.4, 0.5) is 0 Å². The molecule has 0 bridgehead atoms. The molecule has 5 heteroatoms. The minimum absolute atomic E-state index is 0.0183. The molecule has 1 aromatic rings. The maximum atomic E-state index is 13.5. The normalized spacial score (nSPS) is 32.6. The van der Waals surface area contributed by atoms with E-state index in [1.165, 1.54) is 12.5 Å². The van der Waals surface area contributed by atoms with Crippen LogP contribution in [0.3, 0.4) is 0 Å². The second-order valence-corrected chi connectivity index (χ2v) is 8.27. The molecule has 1 N–H and O–H groups in total. The molecule has 0 radical (unpaired) electrons. The van der Waals surface area contributed by atoms with Crippen molar-refractivity contribution in [3.63, 3.8) is 0 Å². The Morgan fingerprint density at radius 1 is 1.42 bits per heavy atom. The number of nitrogens with zero attached hydrogens (tertiary/aromatic N) is 1. The Balaban J connectivity index is 2.07. The summed E-state index contributed by atoms with van der Waals surface area (Å²) in [5.41, 5.74) is 1.00. The Bertz CT molecular complexity index is 706. The molecule has 1 unspecified atom stereocenters. The van der Waals surface area contributed by atoms with Gasteiger partial charge in [-0.3, -0.25) is 9.59 Å². The summed E-state index contributed by atoms with van der Waals surface area (Å²) < 4.78 is 5.11. The van der Waals surface area contributed by atoms with E-state index in [1.807, 2.05) is 6.92 Å². The number of ketones is 1. The lowest BCUT2D eigenvalue weighted by Crippen LogP contribution is -2.56. The standard InChI is InChI=1S/C21H29NO4/c1-13-9-16(23)10-18-17(13)6-5-14(2)21(18,20(25)22(3)4)11-19(24)15-7-8-26-12-15/h7-9,12,14,17-19,24H,5-6,10-11H2,1-4H3/t14-,17+,18+,19-,21?/m1/s1. The number of aliphatic hydroxyl groups is 1. The third-order valence-corrected chi connectivity index (χ3v) is 6.60. The fraction of sp³-hybridized carbons (Fsp3) is 0.619. The number of rotatable bonds is 4. The maximum Gasteiger partial charge on any atom is 0.228 e. The summed E-state index contributed by atoms with van der Waals surface area (Å²) in [5, 5.41) is 10.9.